The maximum Gasteiger partial charge on any atom is 0.237 e. The third-order valence-corrected chi connectivity index (χ3v) is 3.48. The van der Waals surface area contributed by atoms with Gasteiger partial charge in [-0.25, -0.2) is 0 Å². The Labute approximate surface area is 118 Å². The lowest BCUT2D eigenvalue weighted by Gasteiger charge is -2.31. The van der Waals surface area contributed by atoms with E-state index in [4.69, 9.17) is 4.52 Å². The summed E-state index contributed by atoms with van der Waals surface area (Å²) in [6, 6.07) is 0. The third kappa shape index (κ3) is 4.01. The monoisotopic (exact) mass is 282 g/mol. The van der Waals surface area contributed by atoms with E-state index < -0.39 is 0 Å². The molecule has 1 aliphatic heterocycles. The van der Waals surface area contributed by atoms with E-state index in [-0.39, 0.29) is 12.0 Å². The quantitative estimate of drug-likeness (QED) is 0.829. The molecule has 1 aromatic rings. The van der Waals surface area contributed by atoms with Crippen LogP contribution in [0.4, 0.5) is 0 Å². The highest BCUT2D eigenvalue weighted by Crippen LogP contribution is 2.10. The number of aliphatic hydroxyl groups excluding tert-OH is 1. The van der Waals surface area contributed by atoms with Crippen molar-refractivity contribution < 1.29 is 14.4 Å². The Morgan fingerprint density at radius 1 is 1.60 bits per heavy atom. The van der Waals surface area contributed by atoms with Crippen molar-refractivity contribution in [2.75, 3.05) is 26.2 Å². The van der Waals surface area contributed by atoms with Gasteiger partial charge in [-0.2, -0.15) is 4.98 Å². The van der Waals surface area contributed by atoms with Crippen molar-refractivity contribution in [3.63, 3.8) is 0 Å². The number of nitrogens with zero attached hydrogens (tertiary/aromatic N) is 4. The lowest BCUT2D eigenvalue weighted by Crippen LogP contribution is -2.45. The number of aliphatic hydroxyl groups is 1. The van der Waals surface area contributed by atoms with Gasteiger partial charge < -0.3 is 14.5 Å². The van der Waals surface area contributed by atoms with Crippen LogP contribution in [0.1, 0.15) is 31.5 Å². The summed E-state index contributed by atoms with van der Waals surface area (Å²) in [4.78, 5) is 20.1. The molecule has 2 rings (SSSR count). The molecule has 112 valence electrons. The Bertz CT molecular complexity index is 449. The number of piperidine rings is 1. The summed E-state index contributed by atoms with van der Waals surface area (Å²) in [7, 11) is 0. The van der Waals surface area contributed by atoms with Crippen molar-refractivity contribution in [1.82, 2.24) is 19.9 Å². The predicted octanol–water partition coefficient (Wildman–Crippen LogP) is 0.183. The minimum absolute atomic E-state index is 0.0315. The molecule has 7 nitrogen and oxygen atoms in total. The Morgan fingerprint density at radius 2 is 2.40 bits per heavy atom. The van der Waals surface area contributed by atoms with Gasteiger partial charge in [0.2, 0.25) is 11.8 Å². The molecular weight excluding hydrogens is 260 g/mol. The second kappa shape index (κ2) is 6.81. The molecule has 0 saturated carbocycles. The lowest BCUT2D eigenvalue weighted by molar-refractivity contribution is -0.133. The molecule has 1 N–H and O–H groups in total. The first-order valence-corrected chi connectivity index (χ1v) is 7.06. The molecule has 1 amide bonds. The van der Waals surface area contributed by atoms with E-state index in [1.165, 1.54) is 0 Å². The summed E-state index contributed by atoms with van der Waals surface area (Å²) in [5.74, 6) is 1.06. The molecule has 0 aromatic carbocycles. The Kier molecular flexibility index (Phi) is 5.08. The SMILES string of the molecule is CCN(Cc1noc(C)n1)C(=O)CN1CCCC(O)C1. The normalized spacial score (nSPS) is 20.1. The molecule has 1 unspecified atom stereocenters. The minimum atomic E-state index is -0.313. The molecule has 1 fully saturated rings. The summed E-state index contributed by atoms with van der Waals surface area (Å²) < 4.78 is 4.91. The number of hydrogen-bond acceptors (Lipinski definition) is 6. The molecule has 1 aromatic heterocycles. The summed E-state index contributed by atoms with van der Waals surface area (Å²) in [6.07, 6.45) is 1.45. The Morgan fingerprint density at radius 3 is 3.00 bits per heavy atom. The molecule has 1 atom stereocenters. The summed E-state index contributed by atoms with van der Waals surface area (Å²) in [6.45, 7) is 6.39. The fourth-order valence-corrected chi connectivity index (χ4v) is 2.42. The average molecular weight is 282 g/mol. The first-order chi connectivity index (χ1) is 9.58. The van der Waals surface area contributed by atoms with Crippen molar-refractivity contribution in [3.05, 3.63) is 11.7 Å². The van der Waals surface area contributed by atoms with E-state index in [2.05, 4.69) is 10.1 Å². The zero-order valence-electron chi connectivity index (χ0n) is 12.1. The van der Waals surface area contributed by atoms with Crippen molar-refractivity contribution in [3.8, 4) is 0 Å². The number of aryl methyl sites for hydroxylation is 1. The molecular formula is C13H22N4O3. The Balaban J connectivity index is 1.88. The number of likely N-dealkylation sites (N-methyl/N-ethyl adjacent to an activating group) is 1. The summed E-state index contributed by atoms with van der Waals surface area (Å²) in [5, 5.41) is 13.4. The third-order valence-electron chi connectivity index (χ3n) is 3.48. The zero-order valence-corrected chi connectivity index (χ0v) is 12.1. The molecule has 0 bridgehead atoms. The van der Waals surface area contributed by atoms with E-state index in [9.17, 15) is 9.90 Å². The number of β-amino-alcohol motifs (C(OH)–C–C–N with tert-alkyl or cyclic N) is 1. The van der Waals surface area contributed by atoms with E-state index in [0.29, 0.717) is 37.9 Å². The molecule has 20 heavy (non-hydrogen) atoms. The van der Waals surface area contributed by atoms with Crippen LogP contribution in [-0.4, -0.2) is 63.2 Å². The second-order valence-electron chi connectivity index (χ2n) is 5.17. The van der Waals surface area contributed by atoms with Crippen molar-refractivity contribution in [2.45, 2.75) is 39.3 Å². The van der Waals surface area contributed by atoms with E-state index in [1.54, 1.807) is 11.8 Å². The van der Waals surface area contributed by atoms with Crippen LogP contribution in [0.2, 0.25) is 0 Å². The smallest absolute Gasteiger partial charge is 0.237 e. The lowest BCUT2D eigenvalue weighted by atomic mass is 10.1. The first kappa shape index (κ1) is 14.9. The molecule has 1 saturated heterocycles. The van der Waals surface area contributed by atoms with Gasteiger partial charge in [-0.3, -0.25) is 9.69 Å². The number of rotatable bonds is 5. The van der Waals surface area contributed by atoms with Crippen molar-refractivity contribution in [2.24, 2.45) is 0 Å². The summed E-state index contributed by atoms with van der Waals surface area (Å²) in [5.41, 5.74) is 0. The van der Waals surface area contributed by atoms with Gasteiger partial charge in [0.1, 0.15) is 0 Å². The van der Waals surface area contributed by atoms with Crippen LogP contribution in [0.25, 0.3) is 0 Å². The predicted molar refractivity (Wildman–Crippen MR) is 71.8 cm³/mol. The number of carbonyl (C=O) groups is 1. The molecule has 7 heteroatoms. The van der Waals surface area contributed by atoms with Crippen LogP contribution in [0.15, 0.2) is 4.52 Å². The second-order valence-corrected chi connectivity index (χ2v) is 5.17. The molecule has 0 spiro atoms. The number of likely N-dealkylation sites (tertiary alicyclic amines) is 1. The number of hydrogen-bond donors (Lipinski definition) is 1. The highest BCUT2D eigenvalue weighted by molar-refractivity contribution is 5.78. The maximum atomic E-state index is 12.3. The van der Waals surface area contributed by atoms with Gasteiger partial charge in [0.15, 0.2) is 5.82 Å². The van der Waals surface area contributed by atoms with Gasteiger partial charge in [-0.15, -0.1) is 0 Å². The highest BCUT2D eigenvalue weighted by atomic mass is 16.5. The fraction of sp³-hybridized carbons (Fsp3) is 0.769. The Hall–Kier alpha value is -1.47. The van der Waals surface area contributed by atoms with E-state index in [1.807, 2.05) is 11.8 Å². The van der Waals surface area contributed by atoms with Crippen LogP contribution in [0, 0.1) is 6.92 Å². The molecule has 0 aliphatic carbocycles. The number of carbonyl (C=O) groups excluding carboxylic acids is 1. The largest absolute Gasteiger partial charge is 0.392 e. The van der Waals surface area contributed by atoms with Gasteiger partial charge >= 0.3 is 0 Å². The van der Waals surface area contributed by atoms with Crippen molar-refractivity contribution in [1.29, 1.82) is 0 Å². The van der Waals surface area contributed by atoms with Gasteiger partial charge in [-0.05, 0) is 26.3 Å². The molecule has 2 heterocycles. The van der Waals surface area contributed by atoms with Crippen LogP contribution in [0.3, 0.4) is 0 Å². The van der Waals surface area contributed by atoms with Crippen LogP contribution < -0.4 is 0 Å². The topological polar surface area (TPSA) is 82.7 Å². The van der Waals surface area contributed by atoms with Gasteiger partial charge in [0.05, 0.1) is 19.2 Å². The van der Waals surface area contributed by atoms with E-state index >= 15 is 0 Å². The van der Waals surface area contributed by atoms with Crippen LogP contribution in [0.5, 0.6) is 0 Å². The first-order valence-electron chi connectivity index (χ1n) is 7.06. The van der Waals surface area contributed by atoms with Crippen molar-refractivity contribution >= 4 is 5.91 Å². The summed E-state index contributed by atoms with van der Waals surface area (Å²) >= 11 is 0. The maximum absolute atomic E-state index is 12.3. The fourth-order valence-electron chi connectivity index (χ4n) is 2.42. The standard InChI is InChI=1S/C13H22N4O3/c1-3-17(8-12-14-10(2)20-15-12)13(19)9-16-6-4-5-11(18)7-16/h11,18H,3-9H2,1-2H3. The van der Waals surface area contributed by atoms with Crippen LogP contribution >= 0.6 is 0 Å². The molecule has 1 aliphatic rings. The highest BCUT2D eigenvalue weighted by Gasteiger charge is 2.22. The van der Waals surface area contributed by atoms with Crippen LogP contribution in [-0.2, 0) is 11.3 Å². The number of aromatic nitrogens is 2. The minimum Gasteiger partial charge on any atom is -0.392 e. The van der Waals surface area contributed by atoms with E-state index in [0.717, 1.165) is 19.4 Å². The van der Waals surface area contributed by atoms with Gasteiger partial charge in [-0.1, -0.05) is 5.16 Å². The average Bonchev–Trinajstić information content (AvgIpc) is 2.81. The number of amides is 1. The van der Waals surface area contributed by atoms with Gasteiger partial charge in [0, 0.05) is 20.0 Å². The molecule has 0 radical (unpaired) electrons. The van der Waals surface area contributed by atoms with Gasteiger partial charge in [0.25, 0.3) is 0 Å². The zero-order chi connectivity index (χ0) is 14.5.